The Kier molecular flexibility index (Phi) is 4.10. The van der Waals surface area contributed by atoms with Gasteiger partial charge in [0, 0.05) is 12.6 Å². The van der Waals surface area contributed by atoms with Gasteiger partial charge in [0.2, 0.25) is 0 Å². The van der Waals surface area contributed by atoms with Crippen LogP contribution in [0.5, 0.6) is 0 Å². The summed E-state index contributed by atoms with van der Waals surface area (Å²) in [6, 6.07) is 0.0248. The van der Waals surface area contributed by atoms with Crippen molar-refractivity contribution in [1.29, 1.82) is 0 Å². The van der Waals surface area contributed by atoms with E-state index in [2.05, 4.69) is 45.4 Å². The van der Waals surface area contributed by atoms with E-state index in [0.29, 0.717) is 0 Å². The number of rotatable bonds is 4. The molecule has 0 aliphatic carbocycles. The van der Waals surface area contributed by atoms with Crippen LogP contribution in [0.15, 0.2) is 9.02 Å². The van der Waals surface area contributed by atoms with E-state index in [1.54, 1.807) is 4.68 Å². The molecule has 1 atom stereocenters. The summed E-state index contributed by atoms with van der Waals surface area (Å²) in [6.07, 6.45) is 0. The molecule has 0 bridgehead atoms. The van der Waals surface area contributed by atoms with Gasteiger partial charge < -0.3 is 9.73 Å². The molecule has 2 aromatic rings. The molecule has 0 saturated carbocycles. The van der Waals surface area contributed by atoms with E-state index in [1.807, 2.05) is 20.9 Å². The topological polar surface area (TPSA) is 55.9 Å². The predicted octanol–water partition coefficient (Wildman–Crippen LogP) is 2.79. The Morgan fingerprint density at radius 3 is 2.42 bits per heavy atom. The number of furan rings is 1. The number of nitrogens with zero attached hydrogens (tertiary/aromatic N) is 3. The molecule has 0 aliphatic heterocycles. The van der Waals surface area contributed by atoms with Gasteiger partial charge in [0.15, 0.2) is 4.60 Å². The molecule has 6 heteroatoms. The first-order valence-electron chi connectivity index (χ1n) is 6.32. The van der Waals surface area contributed by atoms with Gasteiger partial charge in [-0.05, 0) is 48.8 Å². The molecule has 0 spiro atoms. The van der Waals surface area contributed by atoms with Crippen molar-refractivity contribution in [2.75, 3.05) is 6.54 Å². The Morgan fingerprint density at radius 1 is 1.32 bits per heavy atom. The Bertz CT molecular complexity index is 568. The highest BCUT2D eigenvalue weighted by molar-refractivity contribution is 9.10. The minimum Gasteiger partial charge on any atom is -0.466 e. The van der Waals surface area contributed by atoms with Gasteiger partial charge in [-0.25, -0.2) is 4.68 Å². The number of nitrogens with one attached hydrogen (secondary N) is 1. The Morgan fingerprint density at radius 2 is 2.00 bits per heavy atom. The highest BCUT2D eigenvalue weighted by Crippen LogP contribution is 2.33. The van der Waals surface area contributed by atoms with Crippen molar-refractivity contribution >= 4 is 15.9 Å². The molecular weight excluding hydrogens is 308 g/mol. The van der Waals surface area contributed by atoms with Gasteiger partial charge in [0.25, 0.3) is 0 Å². The van der Waals surface area contributed by atoms with Crippen LogP contribution in [0.1, 0.15) is 41.3 Å². The number of aryl methyl sites for hydroxylation is 3. The van der Waals surface area contributed by atoms with E-state index >= 15 is 0 Å². The van der Waals surface area contributed by atoms with Crippen LogP contribution in [0, 0.1) is 20.8 Å². The van der Waals surface area contributed by atoms with Gasteiger partial charge in [-0.2, -0.15) is 0 Å². The normalized spacial score (nSPS) is 12.9. The lowest BCUT2D eigenvalue weighted by atomic mass is 9.99. The first-order valence-corrected chi connectivity index (χ1v) is 7.11. The highest BCUT2D eigenvalue weighted by atomic mass is 79.9. The van der Waals surface area contributed by atoms with Gasteiger partial charge in [-0.15, -0.1) is 5.10 Å². The molecule has 0 amide bonds. The quantitative estimate of drug-likeness (QED) is 0.938. The van der Waals surface area contributed by atoms with Gasteiger partial charge >= 0.3 is 0 Å². The fraction of sp³-hybridized carbons (Fsp3) is 0.538. The minimum absolute atomic E-state index is 0.0248. The molecule has 19 heavy (non-hydrogen) atoms. The maximum absolute atomic E-state index is 5.74. The highest BCUT2D eigenvalue weighted by Gasteiger charge is 2.27. The van der Waals surface area contributed by atoms with Crippen LogP contribution in [0.2, 0.25) is 0 Å². The maximum atomic E-state index is 5.74. The number of hydrogen-bond acceptors (Lipinski definition) is 4. The number of halogens is 1. The summed E-state index contributed by atoms with van der Waals surface area (Å²) in [6.45, 7) is 9.01. The smallest absolute Gasteiger partial charge is 0.153 e. The van der Waals surface area contributed by atoms with Crippen LogP contribution >= 0.6 is 15.9 Å². The molecule has 2 heterocycles. The Labute approximate surface area is 121 Å². The molecule has 5 nitrogen and oxygen atoms in total. The zero-order chi connectivity index (χ0) is 14.2. The minimum atomic E-state index is 0.0248. The van der Waals surface area contributed by atoms with Crippen LogP contribution in [-0.2, 0) is 7.05 Å². The predicted molar refractivity (Wildman–Crippen MR) is 77.1 cm³/mol. The van der Waals surface area contributed by atoms with Crippen molar-refractivity contribution in [3.63, 3.8) is 0 Å². The lowest BCUT2D eigenvalue weighted by Gasteiger charge is -2.19. The van der Waals surface area contributed by atoms with E-state index in [1.165, 1.54) is 11.1 Å². The Hall–Kier alpha value is -1.14. The first-order chi connectivity index (χ1) is 8.97. The molecule has 1 N–H and O–H groups in total. The van der Waals surface area contributed by atoms with Crippen LogP contribution in [-0.4, -0.2) is 21.5 Å². The zero-order valence-corrected chi connectivity index (χ0v) is 13.5. The van der Waals surface area contributed by atoms with Crippen molar-refractivity contribution in [1.82, 2.24) is 20.3 Å². The lowest BCUT2D eigenvalue weighted by molar-refractivity contribution is 0.490. The molecular formula is C13H19BrN4O. The monoisotopic (exact) mass is 326 g/mol. The van der Waals surface area contributed by atoms with E-state index in [-0.39, 0.29) is 6.04 Å². The molecule has 2 aromatic heterocycles. The Balaban J connectivity index is 2.58. The number of aromatic nitrogens is 3. The zero-order valence-electron chi connectivity index (χ0n) is 11.9. The molecule has 1 unspecified atom stereocenters. The van der Waals surface area contributed by atoms with Crippen molar-refractivity contribution in [2.24, 2.45) is 7.05 Å². The van der Waals surface area contributed by atoms with E-state index in [4.69, 9.17) is 4.42 Å². The van der Waals surface area contributed by atoms with Crippen LogP contribution in [0.4, 0.5) is 0 Å². The van der Waals surface area contributed by atoms with E-state index < -0.39 is 0 Å². The average molecular weight is 327 g/mol. The SMILES string of the molecule is CCNC(c1c(C)oc(C)c1C)c1c(Br)nnn1C. The van der Waals surface area contributed by atoms with Crippen LogP contribution in [0.25, 0.3) is 0 Å². The first kappa shape index (κ1) is 14.3. The van der Waals surface area contributed by atoms with Gasteiger partial charge in [-0.3, -0.25) is 0 Å². The summed E-state index contributed by atoms with van der Waals surface area (Å²) in [7, 11) is 1.90. The van der Waals surface area contributed by atoms with Gasteiger partial charge in [-0.1, -0.05) is 12.1 Å². The largest absolute Gasteiger partial charge is 0.466 e. The van der Waals surface area contributed by atoms with Crippen molar-refractivity contribution < 1.29 is 4.42 Å². The number of hydrogen-bond donors (Lipinski definition) is 1. The summed E-state index contributed by atoms with van der Waals surface area (Å²) in [5.74, 6) is 1.90. The molecule has 0 fully saturated rings. The third kappa shape index (κ3) is 2.47. The second kappa shape index (κ2) is 5.46. The average Bonchev–Trinajstić information content (AvgIpc) is 2.79. The molecule has 0 aliphatic rings. The summed E-state index contributed by atoms with van der Waals surface area (Å²) < 4.78 is 8.30. The molecule has 0 saturated heterocycles. The molecule has 104 valence electrons. The second-order valence-electron chi connectivity index (χ2n) is 4.63. The third-order valence-corrected chi connectivity index (χ3v) is 3.98. The van der Waals surface area contributed by atoms with Crippen molar-refractivity contribution in [3.05, 3.63) is 32.9 Å². The second-order valence-corrected chi connectivity index (χ2v) is 5.38. The summed E-state index contributed by atoms with van der Waals surface area (Å²) >= 11 is 3.48. The molecule has 0 radical (unpaired) electrons. The lowest BCUT2D eigenvalue weighted by Crippen LogP contribution is -2.25. The van der Waals surface area contributed by atoms with Crippen molar-refractivity contribution in [2.45, 2.75) is 33.7 Å². The molecule has 2 rings (SSSR count). The summed E-state index contributed by atoms with van der Waals surface area (Å²) in [4.78, 5) is 0. The van der Waals surface area contributed by atoms with Crippen LogP contribution < -0.4 is 5.32 Å². The van der Waals surface area contributed by atoms with E-state index in [0.717, 1.165) is 28.4 Å². The maximum Gasteiger partial charge on any atom is 0.153 e. The summed E-state index contributed by atoms with van der Waals surface area (Å²) in [5.41, 5.74) is 3.36. The molecule has 0 aromatic carbocycles. The van der Waals surface area contributed by atoms with Gasteiger partial charge in [0.05, 0.1) is 11.7 Å². The van der Waals surface area contributed by atoms with Crippen molar-refractivity contribution in [3.8, 4) is 0 Å². The van der Waals surface area contributed by atoms with E-state index in [9.17, 15) is 0 Å². The third-order valence-electron chi connectivity index (χ3n) is 3.41. The standard InChI is InChI=1S/C13H19BrN4O/c1-6-15-11(12-13(14)16-17-18(12)5)10-7(2)8(3)19-9(10)4/h11,15H,6H2,1-5H3. The fourth-order valence-electron chi connectivity index (χ4n) is 2.42. The van der Waals surface area contributed by atoms with Crippen LogP contribution in [0.3, 0.4) is 0 Å². The fourth-order valence-corrected chi connectivity index (χ4v) is 2.98. The van der Waals surface area contributed by atoms with Gasteiger partial charge in [0.1, 0.15) is 11.5 Å². The summed E-state index contributed by atoms with van der Waals surface area (Å²) in [5, 5.41) is 11.6.